The van der Waals surface area contributed by atoms with Crippen LogP contribution in [0.4, 0.5) is 17.1 Å². The average Bonchev–Trinajstić information content (AvgIpc) is 3.33. The van der Waals surface area contributed by atoms with Crippen molar-refractivity contribution in [2.24, 2.45) is 5.92 Å². The minimum atomic E-state index is -0.360. The predicted molar refractivity (Wildman–Crippen MR) is 113 cm³/mol. The highest BCUT2D eigenvalue weighted by atomic mass is 35.5. The molecule has 0 saturated carbocycles. The number of carbonyl (C=O) groups is 2. The molecular formula is C22H24ClN3O2. The number of halogens is 1. The maximum atomic E-state index is 12.7. The first-order valence-corrected chi connectivity index (χ1v) is 10.1. The second-order valence-corrected chi connectivity index (χ2v) is 8.00. The minimum absolute atomic E-state index is 0.0325. The van der Waals surface area contributed by atoms with Crippen LogP contribution in [0.1, 0.15) is 24.8 Å². The number of anilines is 3. The van der Waals surface area contributed by atoms with Gasteiger partial charge in [-0.05, 0) is 67.8 Å². The molecule has 2 aliphatic rings. The first kappa shape index (κ1) is 18.8. The molecule has 146 valence electrons. The van der Waals surface area contributed by atoms with Crippen molar-refractivity contribution in [3.8, 4) is 0 Å². The summed E-state index contributed by atoms with van der Waals surface area (Å²) >= 11 is 6.01. The molecule has 1 unspecified atom stereocenters. The molecule has 2 fully saturated rings. The molecule has 2 aromatic carbocycles. The Balaban J connectivity index is 1.40. The van der Waals surface area contributed by atoms with Gasteiger partial charge in [0.2, 0.25) is 11.8 Å². The summed E-state index contributed by atoms with van der Waals surface area (Å²) in [6, 6.07) is 13.4. The van der Waals surface area contributed by atoms with Crippen LogP contribution in [0, 0.1) is 12.8 Å². The van der Waals surface area contributed by atoms with Gasteiger partial charge in [-0.15, -0.1) is 0 Å². The molecule has 2 saturated heterocycles. The van der Waals surface area contributed by atoms with E-state index in [1.807, 2.05) is 43.3 Å². The van der Waals surface area contributed by atoms with E-state index in [0.717, 1.165) is 30.0 Å². The highest BCUT2D eigenvalue weighted by Gasteiger charge is 2.35. The van der Waals surface area contributed by atoms with E-state index in [4.69, 9.17) is 11.6 Å². The number of rotatable bonds is 4. The third kappa shape index (κ3) is 3.85. The zero-order valence-electron chi connectivity index (χ0n) is 16.0. The number of aryl methyl sites for hydroxylation is 1. The lowest BCUT2D eigenvalue weighted by atomic mass is 10.1. The van der Waals surface area contributed by atoms with Crippen LogP contribution in [-0.4, -0.2) is 31.4 Å². The van der Waals surface area contributed by atoms with Crippen molar-refractivity contribution < 1.29 is 9.59 Å². The van der Waals surface area contributed by atoms with E-state index in [0.29, 0.717) is 11.6 Å². The fourth-order valence-corrected chi connectivity index (χ4v) is 4.24. The lowest BCUT2D eigenvalue weighted by Gasteiger charge is -2.19. The Kier molecular flexibility index (Phi) is 5.27. The van der Waals surface area contributed by atoms with E-state index in [9.17, 15) is 9.59 Å². The minimum Gasteiger partial charge on any atom is -0.372 e. The maximum absolute atomic E-state index is 12.7. The van der Waals surface area contributed by atoms with Crippen molar-refractivity contribution in [1.82, 2.24) is 0 Å². The van der Waals surface area contributed by atoms with E-state index < -0.39 is 0 Å². The van der Waals surface area contributed by atoms with E-state index in [-0.39, 0.29) is 24.2 Å². The zero-order valence-corrected chi connectivity index (χ0v) is 16.7. The molecule has 6 heteroatoms. The van der Waals surface area contributed by atoms with Crippen LogP contribution in [0.5, 0.6) is 0 Å². The van der Waals surface area contributed by atoms with Crippen molar-refractivity contribution in [2.45, 2.75) is 26.2 Å². The van der Waals surface area contributed by atoms with Gasteiger partial charge < -0.3 is 15.1 Å². The van der Waals surface area contributed by atoms with E-state index in [1.165, 1.54) is 18.5 Å². The van der Waals surface area contributed by atoms with Crippen LogP contribution in [0.3, 0.4) is 0 Å². The summed E-state index contributed by atoms with van der Waals surface area (Å²) in [6.07, 6.45) is 2.69. The molecular weight excluding hydrogens is 374 g/mol. The molecule has 5 nitrogen and oxygen atoms in total. The average molecular weight is 398 g/mol. The van der Waals surface area contributed by atoms with Crippen LogP contribution in [0.15, 0.2) is 42.5 Å². The SMILES string of the molecule is Cc1cc(Cl)ccc1N1CC(C(=O)Nc2ccc(N3CCCC3)cc2)CC1=O. The molecule has 0 spiro atoms. The number of hydrogen-bond donors (Lipinski definition) is 1. The molecule has 2 heterocycles. The van der Waals surface area contributed by atoms with E-state index in [2.05, 4.69) is 10.2 Å². The molecule has 1 atom stereocenters. The van der Waals surface area contributed by atoms with Gasteiger partial charge in [-0.2, -0.15) is 0 Å². The van der Waals surface area contributed by atoms with Crippen LogP contribution in [-0.2, 0) is 9.59 Å². The number of nitrogens with zero attached hydrogens (tertiary/aromatic N) is 2. The Morgan fingerprint density at radius 1 is 1.11 bits per heavy atom. The normalized spacial score (nSPS) is 19.4. The summed E-state index contributed by atoms with van der Waals surface area (Å²) in [7, 11) is 0. The highest BCUT2D eigenvalue weighted by molar-refractivity contribution is 6.30. The van der Waals surface area contributed by atoms with Crippen LogP contribution in [0.25, 0.3) is 0 Å². The van der Waals surface area contributed by atoms with Gasteiger partial charge >= 0.3 is 0 Å². The molecule has 2 aliphatic heterocycles. The van der Waals surface area contributed by atoms with Gasteiger partial charge in [0.15, 0.2) is 0 Å². The van der Waals surface area contributed by atoms with Crippen molar-refractivity contribution in [1.29, 1.82) is 0 Å². The van der Waals surface area contributed by atoms with Crippen molar-refractivity contribution in [2.75, 3.05) is 34.8 Å². The van der Waals surface area contributed by atoms with Gasteiger partial charge in [0.1, 0.15) is 0 Å². The Labute approximate surface area is 170 Å². The quantitative estimate of drug-likeness (QED) is 0.839. The largest absolute Gasteiger partial charge is 0.372 e. The number of benzene rings is 2. The molecule has 28 heavy (non-hydrogen) atoms. The van der Waals surface area contributed by atoms with Gasteiger partial charge in [0, 0.05) is 48.1 Å². The van der Waals surface area contributed by atoms with Crippen LogP contribution in [0.2, 0.25) is 5.02 Å². The maximum Gasteiger partial charge on any atom is 0.229 e. The topological polar surface area (TPSA) is 52.7 Å². The molecule has 0 radical (unpaired) electrons. The Morgan fingerprint density at radius 3 is 2.50 bits per heavy atom. The third-order valence-corrected chi connectivity index (χ3v) is 5.79. The van der Waals surface area contributed by atoms with E-state index >= 15 is 0 Å². The first-order valence-electron chi connectivity index (χ1n) is 9.73. The molecule has 2 aromatic rings. The number of carbonyl (C=O) groups excluding carboxylic acids is 2. The first-order chi connectivity index (χ1) is 13.5. The Morgan fingerprint density at radius 2 is 1.82 bits per heavy atom. The van der Waals surface area contributed by atoms with Crippen molar-refractivity contribution >= 4 is 40.5 Å². The zero-order chi connectivity index (χ0) is 19.7. The molecule has 2 amide bonds. The lowest BCUT2D eigenvalue weighted by molar-refractivity contribution is -0.122. The van der Waals surface area contributed by atoms with Gasteiger partial charge in [0.05, 0.1) is 5.92 Å². The fourth-order valence-electron chi connectivity index (χ4n) is 4.01. The second kappa shape index (κ2) is 7.84. The number of hydrogen-bond acceptors (Lipinski definition) is 3. The third-order valence-electron chi connectivity index (χ3n) is 5.55. The van der Waals surface area contributed by atoms with Gasteiger partial charge in [-0.25, -0.2) is 0 Å². The van der Waals surface area contributed by atoms with Crippen LogP contribution >= 0.6 is 11.6 Å². The summed E-state index contributed by atoms with van der Waals surface area (Å²) in [5.41, 5.74) is 3.71. The Bertz CT molecular complexity index is 891. The fraction of sp³-hybridized carbons (Fsp3) is 0.364. The Hall–Kier alpha value is -2.53. The standard InChI is InChI=1S/C22H24ClN3O2/c1-15-12-17(23)4-9-20(15)26-14-16(13-21(26)27)22(28)24-18-5-7-19(8-6-18)25-10-2-3-11-25/h4-9,12,16H,2-3,10-11,13-14H2,1H3,(H,24,28). The molecule has 0 aromatic heterocycles. The van der Waals surface area contributed by atoms with Gasteiger partial charge in [0.25, 0.3) is 0 Å². The number of nitrogens with one attached hydrogen (secondary N) is 1. The monoisotopic (exact) mass is 397 g/mol. The lowest BCUT2D eigenvalue weighted by Crippen LogP contribution is -2.28. The summed E-state index contributed by atoms with van der Waals surface area (Å²) in [4.78, 5) is 29.2. The second-order valence-electron chi connectivity index (χ2n) is 7.57. The van der Waals surface area contributed by atoms with Crippen molar-refractivity contribution in [3.63, 3.8) is 0 Å². The summed E-state index contributed by atoms with van der Waals surface area (Å²) < 4.78 is 0. The summed E-state index contributed by atoms with van der Waals surface area (Å²) in [5, 5.41) is 3.60. The van der Waals surface area contributed by atoms with Crippen LogP contribution < -0.4 is 15.1 Å². The molecule has 4 rings (SSSR count). The molecule has 0 bridgehead atoms. The molecule has 1 N–H and O–H groups in total. The van der Waals surface area contributed by atoms with Crippen molar-refractivity contribution in [3.05, 3.63) is 53.1 Å². The molecule has 0 aliphatic carbocycles. The summed E-state index contributed by atoms with van der Waals surface area (Å²) in [6.45, 7) is 4.49. The van der Waals surface area contributed by atoms with Gasteiger partial charge in [-0.1, -0.05) is 11.6 Å². The summed E-state index contributed by atoms with van der Waals surface area (Å²) in [5.74, 6) is -0.507. The predicted octanol–water partition coefficient (Wildman–Crippen LogP) is 4.24. The van der Waals surface area contributed by atoms with Gasteiger partial charge in [-0.3, -0.25) is 9.59 Å². The van der Waals surface area contributed by atoms with E-state index in [1.54, 1.807) is 11.0 Å². The smallest absolute Gasteiger partial charge is 0.229 e. The number of amides is 2. The highest BCUT2D eigenvalue weighted by Crippen LogP contribution is 2.30.